The van der Waals surface area contributed by atoms with Crippen LogP contribution in [-0.4, -0.2) is 40.3 Å². The van der Waals surface area contributed by atoms with Gasteiger partial charge in [-0.15, -0.1) is 0 Å². The molecule has 0 radical (unpaired) electrons. The van der Waals surface area contributed by atoms with E-state index in [0.717, 1.165) is 22.3 Å². The lowest BCUT2D eigenvalue weighted by Crippen LogP contribution is -2.48. The first-order chi connectivity index (χ1) is 12.0. The molecule has 0 bridgehead atoms. The molecule has 8 nitrogen and oxygen atoms in total. The first kappa shape index (κ1) is 15.3. The number of carbonyl (C=O) groups is 1. The molecule has 128 valence electrons. The number of nitrogen functional groups attached to an aromatic ring is 2. The largest absolute Gasteiger partial charge is 0.399 e. The van der Waals surface area contributed by atoms with E-state index >= 15 is 0 Å². The van der Waals surface area contributed by atoms with Gasteiger partial charge in [0.25, 0.3) is 0 Å². The molecule has 3 heterocycles. The summed E-state index contributed by atoms with van der Waals surface area (Å²) in [5.74, 6) is 1.16. The molecular weight excluding hydrogens is 318 g/mol. The number of benzene rings is 1. The normalized spacial score (nSPS) is 14.8. The summed E-state index contributed by atoms with van der Waals surface area (Å²) in [6.45, 7) is 1.59. The van der Waals surface area contributed by atoms with Crippen LogP contribution in [0.25, 0.3) is 22.2 Å². The van der Waals surface area contributed by atoms with Crippen LogP contribution in [0, 0.1) is 0 Å². The zero-order valence-corrected chi connectivity index (χ0v) is 13.9. The second kappa shape index (κ2) is 5.66. The van der Waals surface area contributed by atoms with E-state index in [9.17, 15) is 4.79 Å². The molecule has 8 heteroatoms. The minimum Gasteiger partial charge on any atom is -0.399 e. The number of piperazine rings is 1. The maximum atomic E-state index is 11.7. The van der Waals surface area contributed by atoms with Crippen LogP contribution in [0.4, 0.5) is 17.3 Å². The summed E-state index contributed by atoms with van der Waals surface area (Å²) in [5, 5.41) is 7.93. The molecule has 0 unspecified atom stereocenters. The summed E-state index contributed by atoms with van der Waals surface area (Å²) in [6.07, 6.45) is 0. The molecule has 1 aliphatic rings. The van der Waals surface area contributed by atoms with E-state index < -0.39 is 0 Å². The van der Waals surface area contributed by atoms with Gasteiger partial charge in [-0.1, -0.05) is 12.1 Å². The van der Waals surface area contributed by atoms with Gasteiger partial charge in [-0.3, -0.25) is 4.79 Å². The average molecular weight is 337 g/mol. The van der Waals surface area contributed by atoms with Gasteiger partial charge in [-0.05, 0) is 23.8 Å². The molecule has 0 aliphatic carbocycles. The van der Waals surface area contributed by atoms with E-state index in [-0.39, 0.29) is 12.5 Å². The van der Waals surface area contributed by atoms with Crippen LogP contribution in [0.1, 0.15) is 0 Å². The number of rotatable bonds is 2. The zero-order chi connectivity index (χ0) is 17.6. The molecule has 5 N–H and O–H groups in total. The number of pyridine rings is 1. The zero-order valence-electron chi connectivity index (χ0n) is 13.9. The monoisotopic (exact) mass is 337 g/mol. The number of nitrogens with two attached hydrogens (primary N) is 2. The quantitative estimate of drug-likeness (QED) is 0.594. The molecule has 1 saturated heterocycles. The van der Waals surface area contributed by atoms with Crippen molar-refractivity contribution in [1.29, 1.82) is 0 Å². The van der Waals surface area contributed by atoms with E-state index in [0.29, 0.717) is 30.2 Å². The predicted molar refractivity (Wildman–Crippen MR) is 98.0 cm³/mol. The first-order valence-electron chi connectivity index (χ1n) is 8.04. The van der Waals surface area contributed by atoms with Crippen molar-refractivity contribution in [3.05, 3.63) is 30.3 Å². The highest BCUT2D eigenvalue weighted by Crippen LogP contribution is 2.34. The minimum atomic E-state index is -0.00768. The summed E-state index contributed by atoms with van der Waals surface area (Å²) in [4.78, 5) is 18.4. The standard InChI is InChI=1S/C17H19N7O/c1-23-17-15(16(19)22-23)12(10-2-4-11(18)5-3-10)8-13(21-17)24-7-6-20-14(25)9-24/h2-5,8H,6-7,9,18H2,1H3,(H2,19,22)(H,20,25). The Labute approximate surface area is 144 Å². The van der Waals surface area contributed by atoms with Crippen LogP contribution >= 0.6 is 0 Å². The van der Waals surface area contributed by atoms with Gasteiger partial charge in [0, 0.05) is 31.4 Å². The Kier molecular flexibility index (Phi) is 3.45. The van der Waals surface area contributed by atoms with Crippen molar-refractivity contribution in [3.8, 4) is 11.1 Å². The molecule has 0 saturated carbocycles. The number of amides is 1. The molecule has 1 amide bonds. The maximum Gasteiger partial charge on any atom is 0.239 e. The van der Waals surface area contributed by atoms with Gasteiger partial charge in [0.2, 0.25) is 5.91 Å². The van der Waals surface area contributed by atoms with Gasteiger partial charge in [0.05, 0.1) is 11.9 Å². The highest BCUT2D eigenvalue weighted by molar-refractivity contribution is 6.01. The molecule has 1 aliphatic heterocycles. The second-order valence-corrected chi connectivity index (χ2v) is 6.13. The van der Waals surface area contributed by atoms with Crippen LogP contribution in [0.5, 0.6) is 0 Å². The third-order valence-electron chi connectivity index (χ3n) is 4.39. The van der Waals surface area contributed by atoms with Crippen molar-refractivity contribution >= 4 is 34.3 Å². The Morgan fingerprint density at radius 1 is 1.20 bits per heavy atom. The molecule has 4 rings (SSSR count). The van der Waals surface area contributed by atoms with Gasteiger partial charge >= 0.3 is 0 Å². The number of aryl methyl sites for hydroxylation is 1. The smallest absolute Gasteiger partial charge is 0.239 e. The van der Waals surface area contributed by atoms with Crippen LogP contribution in [0.2, 0.25) is 0 Å². The number of nitrogens with zero attached hydrogens (tertiary/aromatic N) is 4. The summed E-state index contributed by atoms with van der Waals surface area (Å²) in [6, 6.07) is 9.56. The van der Waals surface area contributed by atoms with E-state index in [4.69, 9.17) is 16.5 Å². The lowest BCUT2D eigenvalue weighted by molar-refractivity contribution is -0.120. The highest BCUT2D eigenvalue weighted by Gasteiger charge is 2.21. The number of carbonyl (C=O) groups excluding carboxylic acids is 1. The van der Waals surface area contributed by atoms with Gasteiger partial charge < -0.3 is 21.7 Å². The maximum absolute atomic E-state index is 11.7. The van der Waals surface area contributed by atoms with E-state index in [1.807, 2.05) is 42.3 Å². The number of nitrogens with one attached hydrogen (secondary N) is 1. The molecule has 1 fully saturated rings. The number of aromatic nitrogens is 3. The number of hydrogen-bond acceptors (Lipinski definition) is 6. The van der Waals surface area contributed by atoms with Crippen LogP contribution in [0.3, 0.4) is 0 Å². The first-order valence-corrected chi connectivity index (χ1v) is 8.04. The Bertz CT molecular complexity index is 961. The van der Waals surface area contributed by atoms with Crippen molar-refractivity contribution in [2.75, 3.05) is 36.0 Å². The average Bonchev–Trinajstić information content (AvgIpc) is 2.89. The van der Waals surface area contributed by atoms with Crippen molar-refractivity contribution in [1.82, 2.24) is 20.1 Å². The third kappa shape index (κ3) is 2.61. The van der Waals surface area contributed by atoms with Gasteiger partial charge in [-0.25, -0.2) is 9.67 Å². The van der Waals surface area contributed by atoms with E-state index in [1.54, 1.807) is 4.68 Å². The molecule has 3 aromatic rings. The van der Waals surface area contributed by atoms with Gasteiger partial charge in [-0.2, -0.15) is 5.10 Å². The van der Waals surface area contributed by atoms with Crippen molar-refractivity contribution in [2.24, 2.45) is 7.05 Å². The number of hydrogen-bond donors (Lipinski definition) is 3. The Hall–Kier alpha value is -3.29. The van der Waals surface area contributed by atoms with Crippen molar-refractivity contribution < 1.29 is 4.79 Å². The minimum absolute atomic E-state index is 0.00768. The van der Waals surface area contributed by atoms with Crippen LogP contribution in [0.15, 0.2) is 30.3 Å². The Morgan fingerprint density at radius 3 is 2.68 bits per heavy atom. The summed E-state index contributed by atoms with van der Waals surface area (Å²) in [5.41, 5.74) is 15.2. The fourth-order valence-electron chi connectivity index (χ4n) is 3.15. The molecule has 25 heavy (non-hydrogen) atoms. The SMILES string of the molecule is Cn1nc(N)c2c(-c3ccc(N)cc3)cc(N3CCNC(=O)C3)nc21. The highest BCUT2D eigenvalue weighted by atomic mass is 16.2. The van der Waals surface area contributed by atoms with Crippen LogP contribution < -0.4 is 21.7 Å². The molecule has 0 spiro atoms. The molecular formula is C17H19N7O. The summed E-state index contributed by atoms with van der Waals surface area (Å²) < 4.78 is 1.67. The molecule has 1 aromatic carbocycles. The third-order valence-corrected chi connectivity index (χ3v) is 4.39. The summed E-state index contributed by atoms with van der Waals surface area (Å²) >= 11 is 0. The predicted octanol–water partition coefficient (Wildman–Crippen LogP) is 0.736. The molecule has 0 atom stereocenters. The number of anilines is 3. The van der Waals surface area contributed by atoms with Gasteiger partial charge in [0.15, 0.2) is 11.5 Å². The fourth-order valence-corrected chi connectivity index (χ4v) is 3.15. The fraction of sp³-hybridized carbons (Fsp3) is 0.235. The Morgan fingerprint density at radius 2 is 1.96 bits per heavy atom. The van der Waals surface area contributed by atoms with Crippen LogP contribution in [-0.2, 0) is 11.8 Å². The lowest BCUT2D eigenvalue weighted by atomic mass is 10.0. The van der Waals surface area contributed by atoms with E-state index in [2.05, 4.69) is 10.4 Å². The topological polar surface area (TPSA) is 115 Å². The van der Waals surface area contributed by atoms with E-state index in [1.165, 1.54) is 0 Å². The van der Waals surface area contributed by atoms with Crippen molar-refractivity contribution in [3.63, 3.8) is 0 Å². The van der Waals surface area contributed by atoms with Crippen molar-refractivity contribution in [2.45, 2.75) is 0 Å². The second-order valence-electron chi connectivity index (χ2n) is 6.13. The number of fused-ring (bicyclic) bond motifs is 1. The Balaban J connectivity index is 1.92. The lowest BCUT2D eigenvalue weighted by Gasteiger charge is -2.28. The summed E-state index contributed by atoms with van der Waals surface area (Å²) in [7, 11) is 1.81. The van der Waals surface area contributed by atoms with Gasteiger partial charge in [0.1, 0.15) is 5.82 Å². The molecule has 2 aromatic heterocycles.